The molecule has 1 unspecified atom stereocenters. The highest BCUT2D eigenvalue weighted by Crippen LogP contribution is 2.23. The van der Waals surface area contributed by atoms with Crippen LogP contribution in [0.4, 0.5) is 0 Å². The Morgan fingerprint density at radius 1 is 1.38 bits per heavy atom. The summed E-state index contributed by atoms with van der Waals surface area (Å²) in [5, 5.41) is 0. The Balaban J connectivity index is 3.88. The van der Waals surface area contributed by atoms with Gasteiger partial charge in [-0.25, -0.2) is 0 Å². The van der Waals surface area contributed by atoms with Gasteiger partial charge in [-0.2, -0.15) is 11.8 Å². The molecule has 3 heteroatoms. The summed E-state index contributed by atoms with van der Waals surface area (Å²) in [6.45, 7) is 10.2. The Labute approximate surface area is 85.6 Å². The molecule has 0 bridgehead atoms. The molecule has 0 aliphatic carbocycles. The van der Waals surface area contributed by atoms with E-state index in [9.17, 15) is 4.79 Å². The zero-order valence-electron chi connectivity index (χ0n) is 9.26. The molecule has 0 saturated carbocycles. The molecule has 0 aromatic heterocycles. The Hall–Kier alpha value is -0.0200. The molecule has 0 radical (unpaired) electrons. The minimum Gasteiger partial charge on any atom is -0.321 e. The van der Waals surface area contributed by atoms with E-state index in [0.29, 0.717) is 0 Å². The molecule has 0 rings (SSSR count). The van der Waals surface area contributed by atoms with Gasteiger partial charge in [0.15, 0.2) is 5.78 Å². The number of carbonyl (C=O) groups excluding carboxylic acids is 1. The van der Waals surface area contributed by atoms with Crippen LogP contribution < -0.4 is 5.73 Å². The van der Waals surface area contributed by atoms with E-state index >= 15 is 0 Å². The van der Waals surface area contributed by atoms with Crippen LogP contribution in [0.15, 0.2) is 0 Å². The van der Waals surface area contributed by atoms with Crippen molar-refractivity contribution in [2.24, 2.45) is 11.7 Å². The van der Waals surface area contributed by atoms with Gasteiger partial charge in [0, 0.05) is 16.4 Å². The normalized spacial score (nSPS) is 14.7. The van der Waals surface area contributed by atoms with Gasteiger partial charge in [0.1, 0.15) is 0 Å². The number of ketones is 1. The minimum absolute atomic E-state index is 0.0515. The van der Waals surface area contributed by atoms with E-state index in [1.165, 1.54) is 0 Å². The van der Waals surface area contributed by atoms with Gasteiger partial charge in [0.05, 0.1) is 6.04 Å². The summed E-state index contributed by atoms with van der Waals surface area (Å²) < 4.78 is 0.189. The van der Waals surface area contributed by atoms with Crippen molar-refractivity contribution in [2.75, 3.05) is 5.75 Å². The van der Waals surface area contributed by atoms with Crippen LogP contribution in [-0.4, -0.2) is 22.3 Å². The van der Waals surface area contributed by atoms with Gasteiger partial charge in [-0.15, -0.1) is 0 Å². The Morgan fingerprint density at radius 3 is 2.15 bits per heavy atom. The van der Waals surface area contributed by atoms with Crippen molar-refractivity contribution in [3.8, 4) is 0 Å². The number of rotatable bonds is 4. The largest absolute Gasteiger partial charge is 0.321 e. The van der Waals surface area contributed by atoms with Gasteiger partial charge in [0.25, 0.3) is 0 Å². The van der Waals surface area contributed by atoms with Gasteiger partial charge in [-0.3, -0.25) is 4.79 Å². The zero-order valence-corrected chi connectivity index (χ0v) is 10.1. The fourth-order valence-electron chi connectivity index (χ4n) is 0.850. The maximum absolute atomic E-state index is 11.4. The van der Waals surface area contributed by atoms with Gasteiger partial charge in [0.2, 0.25) is 0 Å². The molecular formula is C10H21NOS. The van der Waals surface area contributed by atoms with Crippen molar-refractivity contribution in [1.29, 1.82) is 0 Å². The number of nitrogens with two attached hydrogens (primary N) is 1. The second kappa shape index (κ2) is 5.01. The summed E-state index contributed by atoms with van der Waals surface area (Å²) in [6.07, 6.45) is 0. The molecule has 0 spiro atoms. The van der Waals surface area contributed by atoms with E-state index in [-0.39, 0.29) is 22.5 Å². The van der Waals surface area contributed by atoms with E-state index in [1.807, 2.05) is 13.8 Å². The Morgan fingerprint density at radius 2 is 1.85 bits per heavy atom. The summed E-state index contributed by atoms with van der Waals surface area (Å²) >= 11 is 1.74. The van der Waals surface area contributed by atoms with Crippen LogP contribution in [0.25, 0.3) is 0 Å². The molecule has 1 atom stereocenters. The number of Topliss-reactive ketones (excluding diaryl/α,β-unsaturated/α-hetero) is 1. The predicted octanol–water partition coefficient (Wildman–Crippen LogP) is 2.07. The summed E-state index contributed by atoms with van der Waals surface area (Å²) in [5.74, 6) is 0.938. The van der Waals surface area contributed by atoms with Gasteiger partial charge >= 0.3 is 0 Å². The summed E-state index contributed by atoms with van der Waals surface area (Å²) in [6, 6.07) is -0.302. The maximum atomic E-state index is 11.4. The third-order valence-electron chi connectivity index (χ3n) is 1.63. The Bertz CT molecular complexity index is 172. The van der Waals surface area contributed by atoms with Crippen LogP contribution in [0.3, 0.4) is 0 Å². The van der Waals surface area contributed by atoms with Crippen molar-refractivity contribution < 1.29 is 4.79 Å². The summed E-state index contributed by atoms with van der Waals surface area (Å²) in [7, 11) is 0. The van der Waals surface area contributed by atoms with Crippen LogP contribution in [0.5, 0.6) is 0 Å². The maximum Gasteiger partial charge on any atom is 0.152 e. The smallest absolute Gasteiger partial charge is 0.152 e. The molecule has 0 heterocycles. The lowest BCUT2D eigenvalue weighted by atomic mass is 10.0. The van der Waals surface area contributed by atoms with Gasteiger partial charge < -0.3 is 5.73 Å². The first-order valence-electron chi connectivity index (χ1n) is 4.67. The van der Waals surface area contributed by atoms with Gasteiger partial charge in [-0.05, 0) is 0 Å². The van der Waals surface area contributed by atoms with E-state index in [2.05, 4.69) is 20.8 Å². The van der Waals surface area contributed by atoms with E-state index < -0.39 is 0 Å². The third kappa shape index (κ3) is 6.11. The first-order chi connectivity index (χ1) is 5.74. The molecule has 13 heavy (non-hydrogen) atoms. The highest BCUT2D eigenvalue weighted by molar-refractivity contribution is 8.00. The average molecular weight is 203 g/mol. The second-order valence-electron chi connectivity index (χ2n) is 4.59. The van der Waals surface area contributed by atoms with Crippen molar-refractivity contribution in [2.45, 2.75) is 45.4 Å². The molecule has 0 aliphatic heterocycles. The van der Waals surface area contributed by atoms with Gasteiger partial charge in [-0.1, -0.05) is 34.6 Å². The molecule has 0 aromatic carbocycles. The van der Waals surface area contributed by atoms with Crippen molar-refractivity contribution in [1.82, 2.24) is 0 Å². The fourth-order valence-corrected chi connectivity index (χ4v) is 1.69. The summed E-state index contributed by atoms with van der Waals surface area (Å²) in [4.78, 5) is 11.4. The number of carbonyl (C=O) groups is 1. The summed E-state index contributed by atoms with van der Waals surface area (Å²) in [5.41, 5.74) is 5.75. The highest BCUT2D eigenvalue weighted by Gasteiger charge is 2.20. The van der Waals surface area contributed by atoms with E-state index in [4.69, 9.17) is 5.73 Å². The molecular weight excluding hydrogens is 182 g/mol. The van der Waals surface area contributed by atoms with Crippen LogP contribution >= 0.6 is 11.8 Å². The van der Waals surface area contributed by atoms with Crippen molar-refractivity contribution >= 4 is 17.5 Å². The van der Waals surface area contributed by atoms with E-state index in [1.54, 1.807) is 11.8 Å². The molecule has 0 fully saturated rings. The third-order valence-corrected chi connectivity index (χ3v) is 3.02. The van der Waals surface area contributed by atoms with Crippen LogP contribution in [-0.2, 0) is 4.79 Å². The lowest BCUT2D eigenvalue weighted by Gasteiger charge is -2.20. The van der Waals surface area contributed by atoms with E-state index in [0.717, 1.165) is 5.75 Å². The fraction of sp³-hybridized carbons (Fsp3) is 0.900. The molecule has 2 N–H and O–H groups in total. The predicted molar refractivity (Wildman–Crippen MR) is 60.0 cm³/mol. The number of hydrogen-bond donors (Lipinski definition) is 1. The van der Waals surface area contributed by atoms with Crippen LogP contribution in [0, 0.1) is 5.92 Å². The molecule has 0 aliphatic rings. The van der Waals surface area contributed by atoms with Crippen LogP contribution in [0.1, 0.15) is 34.6 Å². The van der Waals surface area contributed by atoms with Crippen LogP contribution in [0.2, 0.25) is 0 Å². The quantitative estimate of drug-likeness (QED) is 0.760. The molecule has 0 aromatic rings. The molecule has 0 saturated heterocycles. The standard InChI is InChI=1S/C10H21NOS/c1-7(2)9(12)8(11)6-13-10(3,4)5/h7-8H,6,11H2,1-5H3. The van der Waals surface area contributed by atoms with Crippen molar-refractivity contribution in [3.05, 3.63) is 0 Å². The first kappa shape index (κ1) is 13.0. The monoisotopic (exact) mass is 203 g/mol. The molecule has 0 amide bonds. The Kier molecular flexibility index (Phi) is 5.00. The molecule has 78 valence electrons. The first-order valence-corrected chi connectivity index (χ1v) is 5.66. The van der Waals surface area contributed by atoms with Crippen molar-refractivity contribution in [3.63, 3.8) is 0 Å². The highest BCUT2D eigenvalue weighted by atomic mass is 32.2. The average Bonchev–Trinajstić information content (AvgIpc) is 1.97. The molecule has 2 nitrogen and oxygen atoms in total. The number of thioether (sulfide) groups is 1. The number of hydrogen-bond acceptors (Lipinski definition) is 3. The second-order valence-corrected chi connectivity index (χ2v) is 6.43. The zero-order chi connectivity index (χ0) is 10.6. The topological polar surface area (TPSA) is 43.1 Å². The minimum atomic E-state index is -0.302. The lowest BCUT2D eigenvalue weighted by Crippen LogP contribution is -2.37. The SMILES string of the molecule is CC(C)C(=O)C(N)CSC(C)(C)C. The lowest BCUT2D eigenvalue weighted by molar-refractivity contribution is -0.122.